The van der Waals surface area contributed by atoms with E-state index >= 15 is 0 Å². The lowest BCUT2D eigenvalue weighted by molar-refractivity contribution is 0.0786. The van der Waals surface area contributed by atoms with Crippen LogP contribution in [0.1, 0.15) is 46.4 Å². The van der Waals surface area contributed by atoms with E-state index in [4.69, 9.17) is 0 Å². The molecule has 0 atom stereocenters. The number of aryl methyl sites for hydroxylation is 1. The number of carbonyl (C=O) groups is 1. The van der Waals surface area contributed by atoms with E-state index in [1.165, 1.54) is 16.7 Å². The third kappa shape index (κ3) is 4.40. The van der Waals surface area contributed by atoms with Gasteiger partial charge < -0.3 is 9.80 Å². The maximum atomic E-state index is 12.8. The molecule has 1 spiro atoms. The Morgan fingerprint density at radius 3 is 2.48 bits per heavy atom. The number of fused-ring (bicyclic) bond motifs is 2. The quantitative estimate of drug-likeness (QED) is 0.557. The van der Waals surface area contributed by atoms with Gasteiger partial charge in [-0.1, -0.05) is 66.7 Å². The first kappa shape index (κ1) is 21.4. The number of nitrogens with zero attached hydrogens (tertiary/aromatic N) is 4. The summed E-state index contributed by atoms with van der Waals surface area (Å²) in [6, 6.07) is 22.8. The van der Waals surface area contributed by atoms with E-state index in [9.17, 15) is 4.79 Å². The molecule has 5 rings (SSSR count). The second-order valence-corrected chi connectivity index (χ2v) is 9.16. The Balaban J connectivity index is 1.16. The number of carbonyl (C=O) groups excluding carboxylic acids is 1. The van der Waals surface area contributed by atoms with E-state index < -0.39 is 0 Å². The molecule has 1 aliphatic heterocycles. The summed E-state index contributed by atoms with van der Waals surface area (Å²) < 4.78 is 0. The Morgan fingerprint density at radius 2 is 1.73 bits per heavy atom. The molecule has 0 unspecified atom stereocenters. The van der Waals surface area contributed by atoms with Crippen LogP contribution >= 0.6 is 0 Å². The summed E-state index contributed by atoms with van der Waals surface area (Å²) >= 11 is 0. The minimum Gasteiger partial charge on any atom is -0.355 e. The van der Waals surface area contributed by atoms with Crippen LogP contribution in [0.4, 0.5) is 5.82 Å². The van der Waals surface area contributed by atoms with Crippen molar-refractivity contribution in [3.8, 4) is 0 Å². The van der Waals surface area contributed by atoms with Gasteiger partial charge in [-0.15, -0.1) is 10.2 Å². The van der Waals surface area contributed by atoms with Crippen molar-refractivity contribution in [1.29, 1.82) is 0 Å². The zero-order chi connectivity index (χ0) is 22.7. The SMILES string of the molecule is CN(CCCc1ccccc1)C(=O)c1ccc(N2CCC3(C=Cc4ccccc43)CC2)nn1. The van der Waals surface area contributed by atoms with E-state index in [-0.39, 0.29) is 11.3 Å². The molecule has 1 aliphatic carbocycles. The van der Waals surface area contributed by atoms with Crippen LogP contribution in [0.5, 0.6) is 0 Å². The molecule has 33 heavy (non-hydrogen) atoms. The summed E-state index contributed by atoms with van der Waals surface area (Å²) in [6.45, 7) is 2.56. The smallest absolute Gasteiger partial charge is 0.274 e. The van der Waals surface area contributed by atoms with Gasteiger partial charge in [0, 0.05) is 32.1 Å². The third-order valence-corrected chi connectivity index (χ3v) is 7.08. The van der Waals surface area contributed by atoms with Crippen molar-refractivity contribution in [3.05, 3.63) is 95.2 Å². The molecule has 0 N–H and O–H groups in total. The van der Waals surface area contributed by atoms with Gasteiger partial charge in [0.15, 0.2) is 11.5 Å². The second kappa shape index (κ2) is 9.18. The number of rotatable bonds is 6. The number of amides is 1. The highest BCUT2D eigenvalue weighted by molar-refractivity contribution is 5.92. The van der Waals surface area contributed by atoms with Crippen LogP contribution in [0, 0.1) is 0 Å². The van der Waals surface area contributed by atoms with Crippen LogP contribution in [-0.2, 0) is 11.8 Å². The van der Waals surface area contributed by atoms with E-state index in [0.717, 1.165) is 44.6 Å². The molecule has 1 amide bonds. The number of allylic oxidation sites excluding steroid dienone is 1. The van der Waals surface area contributed by atoms with Crippen molar-refractivity contribution < 1.29 is 4.79 Å². The van der Waals surface area contributed by atoms with Gasteiger partial charge in [0.1, 0.15) is 0 Å². The van der Waals surface area contributed by atoms with Gasteiger partial charge in [-0.05, 0) is 54.5 Å². The molecule has 5 heteroatoms. The molecule has 2 aliphatic rings. The maximum absolute atomic E-state index is 12.8. The molecule has 2 aromatic carbocycles. The lowest BCUT2D eigenvalue weighted by Gasteiger charge is -2.39. The summed E-state index contributed by atoms with van der Waals surface area (Å²) in [7, 11) is 1.83. The Morgan fingerprint density at radius 1 is 0.970 bits per heavy atom. The topological polar surface area (TPSA) is 49.3 Å². The summed E-state index contributed by atoms with van der Waals surface area (Å²) in [5.74, 6) is 0.774. The molecular weight excluding hydrogens is 408 g/mol. The average Bonchev–Trinajstić information content (AvgIpc) is 3.23. The molecule has 1 fully saturated rings. The fourth-order valence-corrected chi connectivity index (χ4v) is 5.08. The van der Waals surface area contributed by atoms with Crippen molar-refractivity contribution in [3.63, 3.8) is 0 Å². The molecule has 1 saturated heterocycles. The molecule has 0 saturated carbocycles. The highest BCUT2D eigenvalue weighted by Crippen LogP contribution is 2.44. The van der Waals surface area contributed by atoms with Crippen molar-refractivity contribution in [1.82, 2.24) is 15.1 Å². The summed E-state index contributed by atoms with van der Waals surface area (Å²) in [4.78, 5) is 16.8. The highest BCUT2D eigenvalue weighted by atomic mass is 16.2. The van der Waals surface area contributed by atoms with Gasteiger partial charge in [0.05, 0.1) is 0 Å². The van der Waals surface area contributed by atoms with E-state index in [0.29, 0.717) is 12.2 Å². The summed E-state index contributed by atoms with van der Waals surface area (Å²) in [5.41, 5.74) is 4.65. The average molecular weight is 439 g/mol. The highest BCUT2D eigenvalue weighted by Gasteiger charge is 2.38. The Kier molecular flexibility index (Phi) is 5.95. The normalized spacial score (nSPS) is 16.1. The van der Waals surface area contributed by atoms with Gasteiger partial charge in [0.25, 0.3) is 5.91 Å². The number of benzene rings is 2. The summed E-state index contributed by atoms with van der Waals surface area (Å²) in [6.07, 6.45) is 8.65. The van der Waals surface area contributed by atoms with E-state index in [2.05, 4.69) is 63.6 Å². The molecule has 2 heterocycles. The fourth-order valence-electron chi connectivity index (χ4n) is 5.08. The zero-order valence-corrected chi connectivity index (χ0v) is 19.2. The monoisotopic (exact) mass is 438 g/mol. The lowest BCUT2D eigenvalue weighted by Crippen LogP contribution is -2.41. The minimum atomic E-state index is -0.0765. The zero-order valence-electron chi connectivity index (χ0n) is 19.2. The van der Waals surface area contributed by atoms with Crippen LogP contribution in [0.2, 0.25) is 0 Å². The van der Waals surface area contributed by atoms with E-state index in [1.54, 1.807) is 4.90 Å². The third-order valence-electron chi connectivity index (χ3n) is 7.08. The molecule has 1 aromatic heterocycles. The number of hydrogen-bond acceptors (Lipinski definition) is 4. The van der Waals surface area contributed by atoms with Crippen molar-refractivity contribution in [2.24, 2.45) is 0 Å². The predicted molar refractivity (Wildman–Crippen MR) is 132 cm³/mol. The predicted octanol–water partition coefficient (Wildman–Crippen LogP) is 4.75. The fraction of sp³-hybridized carbons (Fsp3) is 0.321. The van der Waals surface area contributed by atoms with Gasteiger partial charge in [-0.2, -0.15) is 0 Å². The first-order valence-electron chi connectivity index (χ1n) is 11.8. The van der Waals surface area contributed by atoms with E-state index in [1.807, 2.05) is 37.4 Å². The maximum Gasteiger partial charge on any atom is 0.274 e. The standard InChI is InChI=1S/C28H30N4O/c1-31(19-7-10-22-8-3-2-4-9-22)27(33)25-13-14-26(30-29-25)32-20-17-28(18-21-32)16-15-23-11-5-6-12-24(23)28/h2-6,8-9,11-16H,7,10,17-21H2,1H3. The Bertz CT molecular complexity index is 1130. The first-order chi connectivity index (χ1) is 16.1. The Hall–Kier alpha value is -3.47. The second-order valence-electron chi connectivity index (χ2n) is 9.16. The number of piperidine rings is 1. The molecular formula is C28H30N4O. The number of hydrogen-bond donors (Lipinski definition) is 0. The van der Waals surface area contributed by atoms with Crippen LogP contribution in [0.25, 0.3) is 6.08 Å². The summed E-state index contributed by atoms with van der Waals surface area (Å²) in [5, 5.41) is 8.67. The van der Waals surface area contributed by atoms with Crippen molar-refractivity contribution >= 4 is 17.8 Å². The Labute approximate surface area is 195 Å². The molecule has 168 valence electrons. The lowest BCUT2D eigenvalue weighted by atomic mass is 9.74. The number of anilines is 1. The van der Waals surface area contributed by atoms with Gasteiger partial charge >= 0.3 is 0 Å². The van der Waals surface area contributed by atoms with Crippen LogP contribution in [0.15, 0.2) is 72.8 Å². The number of aromatic nitrogens is 2. The van der Waals surface area contributed by atoms with Gasteiger partial charge in [-0.25, -0.2) is 0 Å². The molecule has 0 radical (unpaired) electrons. The largest absolute Gasteiger partial charge is 0.355 e. The minimum absolute atomic E-state index is 0.0765. The van der Waals surface area contributed by atoms with Crippen molar-refractivity contribution in [2.45, 2.75) is 31.1 Å². The van der Waals surface area contributed by atoms with Gasteiger partial charge in [0.2, 0.25) is 0 Å². The molecule has 0 bridgehead atoms. The first-order valence-corrected chi connectivity index (χ1v) is 11.8. The van der Waals surface area contributed by atoms with Crippen molar-refractivity contribution in [2.75, 3.05) is 31.6 Å². The van der Waals surface area contributed by atoms with Crippen LogP contribution in [-0.4, -0.2) is 47.7 Å². The van der Waals surface area contributed by atoms with Gasteiger partial charge in [-0.3, -0.25) is 4.79 Å². The molecule has 5 nitrogen and oxygen atoms in total. The van der Waals surface area contributed by atoms with Crippen LogP contribution < -0.4 is 4.90 Å². The van der Waals surface area contributed by atoms with Crippen LogP contribution in [0.3, 0.4) is 0 Å². The molecule has 3 aromatic rings.